The van der Waals surface area contributed by atoms with Gasteiger partial charge in [0.15, 0.2) is 5.78 Å². The van der Waals surface area contributed by atoms with Gasteiger partial charge < -0.3 is 10.1 Å². The summed E-state index contributed by atoms with van der Waals surface area (Å²) in [5.41, 5.74) is 5.39. The van der Waals surface area contributed by atoms with Gasteiger partial charge in [0, 0.05) is 43.2 Å². The second kappa shape index (κ2) is 13.9. The first-order valence-electron chi connectivity index (χ1n) is 14.2. The van der Waals surface area contributed by atoms with Crippen molar-refractivity contribution in [2.75, 3.05) is 0 Å². The Labute approximate surface area is 249 Å². The molecule has 1 aromatic heterocycles. The Morgan fingerprint density at radius 2 is 1.64 bits per heavy atom. The Morgan fingerprint density at radius 3 is 2.23 bits per heavy atom. The molecule has 1 aliphatic carbocycles. The standard InChI is InChI=1S/C22H22N.C13H24O2.Ir/c1-15-11-16(2)13-20(12-15)22-21-8-7-18(17-5-3-4-6-17)14-19(21)9-10-23-22;1-7-12(3,4)10(14)9-11(15)13(5,6)8-2;/h7-12,14,17H,3-6H2,1-2H3;9,14H,7-8H2,1-6H3;/q-1;;/b;10-9-;. The van der Waals surface area contributed by atoms with E-state index in [0.717, 1.165) is 30.0 Å². The normalized spacial score (nSPS) is 14.5. The number of rotatable bonds is 7. The fourth-order valence-corrected chi connectivity index (χ4v) is 4.82. The van der Waals surface area contributed by atoms with E-state index in [9.17, 15) is 9.90 Å². The maximum Gasteiger partial charge on any atom is 0.164 e. The summed E-state index contributed by atoms with van der Waals surface area (Å²) in [7, 11) is 0. The number of benzene rings is 2. The molecule has 0 bridgehead atoms. The number of aliphatic hydroxyl groups excluding tert-OH is 1. The van der Waals surface area contributed by atoms with Crippen LogP contribution in [0.2, 0.25) is 0 Å². The molecule has 1 saturated carbocycles. The molecular weight excluding hydrogens is 659 g/mol. The van der Waals surface area contributed by atoms with Gasteiger partial charge in [-0.05, 0) is 59.7 Å². The number of aromatic nitrogens is 1. The van der Waals surface area contributed by atoms with Crippen LogP contribution in [0, 0.1) is 30.7 Å². The van der Waals surface area contributed by atoms with Gasteiger partial charge in [-0.2, -0.15) is 0 Å². The van der Waals surface area contributed by atoms with Crippen LogP contribution in [-0.4, -0.2) is 15.9 Å². The summed E-state index contributed by atoms with van der Waals surface area (Å²) in [6.45, 7) is 15.9. The fourth-order valence-electron chi connectivity index (χ4n) is 4.82. The van der Waals surface area contributed by atoms with Crippen LogP contribution in [0.4, 0.5) is 0 Å². The van der Waals surface area contributed by atoms with Crippen LogP contribution in [0.25, 0.3) is 22.0 Å². The number of hydrogen-bond donors (Lipinski definition) is 1. The number of allylic oxidation sites excluding steroid dienone is 2. The Kier molecular flexibility index (Phi) is 11.7. The van der Waals surface area contributed by atoms with Crippen molar-refractivity contribution < 1.29 is 30.0 Å². The molecule has 0 unspecified atom stereocenters. The maximum absolute atomic E-state index is 11.8. The number of nitrogens with zero attached hydrogens (tertiary/aromatic N) is 1. The minimum Gasteiger partial charge on any atom is -0.512 e. The van der Waals surface area contributed by atoms with Gasteiger partial charge in [0.25, 0.3) is 0 Å². The second-order valence-electron chi connectivity index (χ2n) is 12.2. The van der Waals surface area contributed by atoms with Crippen molar-refractivity contribution in [3.05, 3.63) is 77.2 Å². The van der Waals surface area contributed by atoms with E-state index in [1.807, 2.05) is 47.7 Å². The summed E-state index contributed by atoms with van der Waals surface area (Å²) in [5, 5.41) is 12.4. The van der Waals surface area contributed by atoms with Crippen molar-refractivity contribution in [1.29, 1.82) is 0 Å². The third-order valence-electron chi connectivity index (χ3n) is 8.41. The van der Waals surface area contributed by atoms with Gasteiger partial charge in [-0.1, -0.05) is 86.4 Å². The molecule has 1 aliphatic rings. The Balaban J connectivity index is 0.000000294. The van der Waals surface area contributed by atoms with Crippen LogP contribution < -0.4 is 0 Å². The van der Waals surface area contributed by atoms with Crippen LogP contribution in [-0.2, 0) is 24.9 Å². The number of hydrogen-bond acceptors (Lipinski definition) is 3. The van der Waals surface area contributed by atoms with E-state index >= 15 is 0 Å². The first-order valence-corrected chi connectivity index (χ1v) is 14.2. The number of aliphatic hydroxyl groups is 1. The van der Waals surface area contributed by atoms with Crippen molar-refractivity contribution >= 4 is 16.6 Å². The molecule has 213 valence electrons. The Bertz CT molecular complexity index is 1280. The maximum atomic E-state index is 11.8. The average Bonchev–Trinajstić information content (AvgIpc) is 3.43. The van der Waals surface area contributed by atoms with E-state index in [2.05, 4.69) is 61.3 Å². The molecule has 1 radical (unpaired) electrons. The van der Waals surface area contributed by atoms with Crippen molar-refractivity contribution in [3.63, 3.8) is 0 Å². The zero-order chi connectivity index (χ0) is 28.1. The zero-order valence-corrected chi connectivity index (χ0v) is 27.5. The Morgan fingerprint density at radius 1 is 1.00 bits per heavy atom. The third kappa shape index (κ3) is 8.35. The van der Waals surface area contributed by atoms with E-state index < -0.39 is 0 Å². The summed E-state index contributed by atoms with van der Waals surface area (Å²) < 4.78 is 0. The second-order valence-corrected chi connectivity index (χ2v) is 12.2. The van der Waals surface area contributed by atoms with Crippen LogP contribution in [0.3, 0.4) is 0 Å². The quantitative estimate of drug-likeness (QED) is 0.151. The van der Waals surface area contributed by atoms with E-state index in [0.29, 0.717) is 0 Å². The van der Waals surface area contributed by atoms with Crippen LogP contribution in [0.15, 0.2) is 54.4 Å². The van der Waals surface area contributed by atoms with Gasteiger partial charge in [0.1, 0.15) is 5.76 Å². The minimum absolute atomic E-state index is 0. The molecule has 0 saturated heterocycles. The molecule has 1 fully saturated rings. The summed E-state index contributed by atoms with van der Waals surface area (Å²) in [6.07, 6.45) is 10.4. The average molecular weight is 705 g/mol. The summed E-state index contributed by atoms with van der Waals surface area (Å²) in [4.78, 5) is 16.5. The smallest absolute Gasteiger partial charge is 0.164 e. The fraction of sp³-hybridized carbons (Fsp3) is 0.486. The molecular formula is C35H46IrNO2-. The Hall–Kier alpha value is -2.29. The largest absolute Gasteiger partial charge is 0.512 e. The van der Waals surface area contributed by atoms with Gasteiger partial charge >= 0.3 is 0 Å². The summed E-state index contributed by atoms with van der Waals surface area (Å²) in [5.74, 6) is 0.948. The number of pyridine rings is 1. The zero-order valence-electron chi connectivity index (χ0n) is 25.1. The topological polar surface area (TPSA) is 50.2 Å². The van der Waals surface area contributed by atoms with Gasteiger partial charge in [-0.15, -0.1) is 34.9 Å². The van der Waals surface area contributed by atoms with E-state index in [1.54, 1.807) is 0 Å². The number of carbonyl (C=O) groups is 1. The third-order valence-corrected chi connectivity index (χ3v) is 8.41. The van der Waals surface area contributed by atoms with Gasteiger partial charge in [0.2, 0.25) is 0 Å². The molecule has 3 aromatic rings. The predicted octanol–water partition coefficient (Wildman–Crippen LogP) is 9.84. The van der Waals surface area contributed by atoms with Crippen molar-refractivity contribution in [2.45, 2.75) is 99.8 Å². The van der Waals surface area contributed by atoms with E-state index in [-0.39, 0.29) is 42.5 Å². The predicted molar refractivity (Wildman–Crippen MR) is 161 cm³/mol. The number of fused-ring (bicyclic) bond motifs is 1. The van der Waals surface area contributed by atoms with Crippen LogP contribution in [0.1, 0.15) is 103 Å². The van der Waals surface area contributed by atoms with Gasteiger partial charge in [0.05, 0.1) is 0 Å². The molecule has 2 aromatic carbocycles. The van der Waals surface area contributed by atoms with Crippen LogP contribution >= 0.6 is 0 Å². The number of ketones is 1. The molecule has 0 spiro atoms. The first-order chi connectivity index (χ1) is 17.9. The van der Waals surface area contributed by atoms with Crippen molar-refractivity contribution in [2.24, 2.45) is 10.8 Å². The van der Waals surface area contributed by atoms with Crippen LogP contribution in [0.5, 0.6) is 0 Å². The molecule has 39 heavy (non-hydrogen) atoms. The van der Waals surface area contributed by atoms with Crippen molar-refractivity contribution in [3.8, 4) is 11.3 Å². The summed E-state index contributed by atoms with van der Waals surface area (Å²) in [6, 6.07) is 16.9. The van der Waals surface area contributed by atoms with E-state index in [4.69, 9.17) is 0 Å². The molecule has 0 amide bonds. The number of carbonyl (C=O) groups excluding carboxylic acids is 1. The molecule has 3 nitrogen and oxygen atoms in total. The van der Waals surface area contributed by atoms with Gasteiger partial charge in [-0.25, -0.2) is 0 Å². The molecule has 0 atom stereocenters. The molecule has 1 N–H and O–H groups in total. The van der Waals surface area contributed by atoms with Gasteiger partial charge in [-0.3, -0.25) is 4.79 Å². The van der Waals surface area contributed by atoms with Crippen molar-refractivity contribution in [1.82, 2.24) is 4.98 Å². The first kappa shape index (κ1) is 32.9. The molecule has 0 aliphatic heterocycles. The van der Waals surface area contributed by atoms with E-state index in [1.165, 1.54) is 59.2 Å². The minimum atomic E-state index is -0.377. The summed E-state index contributed by atoms with van der Waals surface area (Å²) >= 11 is 0. The SMILES string of the molecule is CCC(C)(C)C(=O)/C=C(\O)C(C)(C)CC.Cc1[c-]c(-c2nccc3cc(C4CCCC4)ccc23)cc(C)c1.[Ir]. The molecule has 4 rings (SSSR count). The molecule has 4 heteroatoms. The monoisotopic (exact) mass is 705 g/mol. The molecule has 1 heterocycles. The number of aryl methyl sites for hydroxylation is 2.